The molecule has 112 valence electrons. The lowest BCUT2D eigenvalue weighted by Crippen LogP contribution is -2.10. The number of rotatable bonds is 5. The standard InChI is InChI=1S/C17H14BrNOS2/c18-15-8-4-7-14(9-15)17(13-5-2-1-3-6-13)22(20)11-16-10-19-12-21-16/h1-10,12,17H,11H2/t17-,22-/m0/s1. The number of thiazole rings is 1. The van der Waals surface area contributed by atoms with E-state index in [0.29, 0.717) is 5.75 Å². The summed E-state index contributed by atoms with van der Waals surface area (Å²) in [7, 11) is -1.05. The van der Waals surface area contributed by atoms with Crippen molar-refractivity contribution in [1.82, 2.24) is 4.98 Å². The van der Waals surface area contributed by atoms with E-state index in [-0.39, 0.29) is 5.25 Å². The second-order valence-corrected chi connectivity index (χ2v) is 8.25. The Hall–Kier alpha value is -1.30. The molecule has 0 N–H and O–H groups in total. The lowest BCUT2D eigenvalue weighted by Gasteiger charge is -2.17. The summed E-state index contributed by atoms with van der Waals surface area (Å²) in [5, 5.41) is -0.138. The molecule has 1 heterocycles. The van der Waals surface area contributed by atoms with E-state index < -0.39 is 10.8 Å². The van der Waals surface area contributed by atoms with Crippen molar-refractivity contribution in [1.29, 1.82) is 0 Å². The molecule has 2 aromatic carbocycles. The first-order chi connectivity index (χ1) is 10.7. The highest BCUT2D eigenvalue weighted by molar-refractivity contribution is 9.10. The van der Waals surface area contributed by atoms with Crippen molar-refractivity contribution in [2.75, 3.05) is 0 Å². The first-order valence-corrected chi connectivity index (χ1v) is 9.84. The van der Waals surface area contributed by atoms with Crippen molar-refractivity contribution >= 4 is 38.1 Å². The van der Waals surface area contributed by atoms with Gasteiger partial charge in [-0.3, -0.25) is 9.19 Å². The minimum Gasteiger partial charge on any atom is -0.258 e. The van der Waals surface area contributed by atoms with Crippen molar-refractivity contribution in [3.05, 3.63) is 86.8 Å². The maximum absolute atomic E-state index is 13.0. The van der Waals surface area contributed by atoms with Gasteiger partial charge in [0.25, 0.3) is 0 Å². The summed E-state index contributed by atoms with van der Waals surface area (Å²) in [6.07, 6.45) is 1.80. The van der Waals surface area contributed by atoms with E-state index in [0.717, 1.165) is 20.5 Å². The molecule has 0 fully saturated rings. The average molecular weight is 392 g/mol. The van der Waals surface area contributed by atoms with Crippen LogP contribution >= 0.6 is 27.3 Å². The molecule has 0 spiro atoms. The molecule has 2 atom stereocenters. The Balaban J connectivity index is 1.98. The fraction of sp³-hybridized carbons (Fsp3) is 0.118. The number of benzene rings is 2. The van der Waals surface area contributed by atoms with Crippen LogP contribution in [0.4, 0.5) is 0 Å². The van der Waals surface area contributed by atoms with Gasteiger partial charge in [-0.2, -0.15) is 0 Å². The Kier molecular flexibility index (Phi) is 5.18. The van der Waals surface area contributed by atoms with Crippen molar-refractivity contribution in [3.8, 4) is 0 Å². The molecular formula is C17H14BrNOS2. The van der Waals surface area contributed by atoms with Crippen molar-refractivity contribution in [2.24, 2.45) is 0 Å². The Bertz CT molecular complexity index is 759. The third-order valence-electron chi connectivity index (χ3n) is 3.28. The monoisotopic (exact) mass is 391 g/mol. The van der Waals surface area contributed by atoms with E-state index in [1.807, 2.05) is 54.6 Å². The van der Waals surface area contributed by atoms with Crippen LogP contribution in [0.25, 0.3) is 0 Å². The third kappa shape index (κ3) is 3.72. The van der Waals surface area contributed by atoms with Crippen LogP contribution in [0.2, 0.25) is 0 Å². The van der Waals surface area contributed by atoms with Crippen molar-refractivity contribution < 1.29 is 4.21 Å². The van der Waals surface area contributed by atoms with Crippen LogP contribution in [-0.2, 0) is 16.6 Å². The predicted molar refractivity (Wildman–Crippen MR) is 96.4 cm³/mol. The van der Waals surface area contributed by atoms with E-state index in [1.165, 1.54) is 0 Å². The van der Waals surface area contributed by atoms with Gasteiger partial charge < -0.3 is 0 Å². The molecule has 22 heavy (non-hydrogen) atoms. The topological polar surface area (TPSA) is 30.0 Å². The van der Waals surface area contributed by atoms with Gasteiger partial charge in [-0.15, -0.1) is 11.3 Å². The van der Waals surface area contributed by atoms with Gasteiger partial charge in [-0.05, 0) is 23.3 Å². The Morgan fingerprint density at radius 3 is 2.55 bits per heavy atom. The third-order valence-corrected chi connectivity index (χ3v) is 6.41. The van der Waals surface area contributed by atoms with Gasteiger partial charge in [0.15, 0.2) is 0 Å². The second-order valence-electron chi connectivity index (χ2n) is 4.84. The van der Waals surface area contributed by atoms with E-state index >= 15 is 0 Å². The molecule has 3 aromatic rings. The molecule has 0 amide bonds. The summed E-state index contributed by atoms with van der Waals surface area (Å²) in [4.78, 5) is 5.12. The highest BCUT2D eigenvalue weighted by Gasteiger charge is 2.22. The highest BCUT2D eigenvalue weighted by Crippen LogP contribution is 2.31. The largest absolute Gasteiger partial charge is 0.258 e. The highest BCUT2D eigenvalue weighted by atomic mass is 79.9. The number of hydrogen-bond donors (Lipinski definition) is 0. The van der Waals surface area contributed by atoms with Gasteiger partial charge in [0.05, 0.1) is 16.5 Å². The smallest absolute Gasteiger partial charge is 0.0850 e. The van der Waals surface area contributed by atoms with E-state index in [4.69, 9.17) is 0 Å². The maximum atomic E-state index is 13.0. The van der Waals surface area contributed by atoms with Crippen LogP contribution < -0.4 is 0 Å². The summed E-state index contributed by atoms with van der Waals surface area (Å²) >= 11 is 5.05. The molecule has 0 radical (unpaired) electrons. The lowest BCUT2D eigenvalue weighted by atomic mass is 10.0. The summed E-state index contributed by atoms with van der Waals surface area (Å²) in [6.45, 7) is 0. The zero-order valence-corrected chi connectivity index (χ0v) is 14.9. The summed E-state index contributed by atoms with van der Waals surface area (Å²) in [5.41, 5.74) is 3.91. The molecule has 0 aliphatic rings. The number of hydrogen-bond acceptors (Lipinski definition) is 3. The van der Waals surface area contributed by atoms with E-state index in [2.05, 4.69) is 20.9 Å². The molecule has 0 bridgehead atoms. The molecule has 0 aliphatic carbocycles. The second kappa shape index (κ2) is 7.31. The number of aromatic nitrogens is 1. The molecule has 2 nitrogen and oxygen atoms in total. The fourth-order valence-corrected chi connectivity index (χ4v) is 5.18. The molecule has 0 saturated heterocycles. The zero-order valence-electron chi connectivity index (χ0n) is 11.7. The van der Waals surface area contributed by atoms with Gasteiger partial charge in [0, 0.05) is 26.3 Å². The molecule has 3 rings (SSSR count). The van der Waals surface area contributed by atoms with Gasteiger partial charge in [0.1, 0.15) is 0 Å². The van der Waals surface area contributed by atoms with Crippen LogP contribution in [0.3, 0.4) is 0 Å². The Morgan fingerprint density at radius 1 is 1.09 bits per heavy atom. The average Bonchev–Trinajstić information content (AvgIpc) is 3.01. The minimum atomic E-state index is -1.05. The normalized spacial score (nSPS) is 13.7. The van der Waals surface area contributed by atoms with Gasteiger partial charge in [0.2, 0.25) is 0 Å². The first-order valence-electron chi connectivity index (χ1n) is 6.79. The van der Waals surface area contributed by atoms with Crippen LogP contribution in [0.5, 0.6) is 0 Å². The van der Waals surface area contributed by atoms with E-state index in [9.17, 15) is 4.21 Å². The predicted octanol–water partition coefficient (Wildman–Crippen LogP) is 4.94. The number of nitrogens with zero attached hydrogens (tertiary/aromatic N) is 1. The molecule has 0 aliphatic heterocycles. The maximum Gasteiger partial charge on any atom is 0.0850 e. The van der Waals surface area contributed by atoms with Crippen LogP contribution in [0, 0.1) is 0 Å². The van der Waals surface area contributed by atoms with Crippen molar-refractivity contribution in [2.45, 2.75) is 11.0 Å². The van der Waals surface area contributed by atoms with Gasteiger partial charge in [-0.25, -0.2) is 0 Å². The molecule has 1 aromatic heterocycles. The van der Waals surface area contributed by atoms with Gasteiger partial charge in [-0.1, -0.05) is 58.4 Å². The molecule has 5 heteroatoms. The molecule has 0 saturated carbocycles. The lowest BCUT2D eigenvalue weighted by molar-refractivity contribution is 0.678. The van der Waals surface area contributed by atoms with Crippen LogP contribution in [0.15, 0.2) is 70.8 Å². The summed E-state index contributed by atoms with van der Waals surface area (Å²) in [5.74, 6) is 0.525. The SMILES string of the molecule is O=[S@@](Cc1cncs1)[C@@H](c1ccccc1)c1cccc(Br)c1. The fourth-order valence-electron chi connectivity index (χ4n) is 2.33. The zero-order chi connectivity index (χ0) is 15.4. The number of halogens is 1. The molecular weight excluding hydrogens is 378 g/mol. The van der Waals surface area contributed by atoms with E-state index in [1.54, 1.807) is 23.0 Å². The quantitative estimate of drug-likeness (QED) is 0.615. The van der Waals surface area contributed by atoms with Crippen LogP contribution in [0.1, 0.15) is 21.3 Å². The summed E-state index contributed by atoms with van der Waals surface area (Å²) < 4.78 is 14.0. The Morgan fingerprint density at radius 2 is 1.86 bits per heavy atom. The van der Waals surface area contributed by atoms with Gasteiger partial charge >= 0.3 is 0 Å². The molecule has 0 unspecified atom stereocenters. The van der Waals surface area contributed by atoms with Crippen molar-refractivity contribution in [3.63, 3.8) is 0 Å². The van der Waals surface area contributed by atoms with Crippen LogP contribution in [-0.4, -0.2) is 9.19 Å². The summed E-state index contributed by atoms with van der Waals surface area (Å²) in [6, 6.07) is 18.1. The first kappa shape index (κ1) is 15.6. The minimum absolute atomic E-state index is 0.138. The Labute approximate surface area is 144 Å².